The van der Waals surface area contributed by atoms with E-state index in [0.29, 0.717) is 12.8 Å². The van der Waals surface area contributed by atoms with Gasteiger partial charge in [-0.1, -0.05) is 237 Å². The van der Waals surface area contributed by atoms with Crippen molar-refractivity contribution in [2.24, 2.45) is 0 Å². The minimum absolute atomic E-state index is 0.0800. The Morgan fingerprint density at radius 1 is 0.301 bits per heavy atom. The molecule has 6 nitrogen and oxygen atoms in total. The first-order valence-electron chi connectivity index (χ1n) is 29.0. The number of unbranched alkanes of at least 4 members (excludes halogenated alkanes) is 14. The van der Waals surface area contributed by atoms with Gasteiger partial charge < -0.3 is 14.2 Å². The molecular weight excluding hydrogens is 901 g/mol. The van der Waals surface area contributed by atoms with Crippen molar-refractivity contribution >= 4 is 17.9 Å². The van der Waals surface area contributed by atoms with Crippen LogP contribution >= 0.6 is 0 Å². The summed E-state index contributed by atoms with van der Waals surface area (Å²) in [6, 6.07) is 0. The molecule has 0 radical (unpaired) electrons. The van der Waals surface area contributed by atoms with Gasteiger partial charge in [-0.15, -0.1) is 0 Å². The van der Waals surface area contributed by atoms with E-state index in [-0.39, 0.29) is 38.0 Å². The Balaban J connectivity index is 4.55. The fourth-order valence-corrected chi connectivity index (χ4v) is 7.26. The molecule has 0 aromatic rings. The summed E-state index contributed by atoms with van der Waals surface area (Å²) in [7, 11) is 0. The summed E-state index contributed by atoms with van der Waals surface area (Å²) in [4.78, 5) is 38.1. The van der Waals surface area contributed by atoms with Gasteiger partial charge in [0.15, 0.2) is 6.10 Å². The molecule has 0 saturated carbocycles. The second-order valence-corrected chi connectivity index (χ2v) is 18.4. The molecule has 6 heteroatoms. The third kappa shape index (κ3) is 57.8. The number of ether oxygens (including phenoxy) is 3. The van der Waals surface area contributed by atoms with Gasteiger partial charge in [0, 0.05) is 12.8 Å². The predicted octanol–water partition coefficient (Wildman–Crippen LogP) is 19.8. The molecule has 0 spiro atoms. The molecule has 0 aliphatic rings. The van der Waals surface area contributed by atoms with Crippen molar-refractivity contribution in [2.45, 2.75) is 232 Å². The predicted molar refractivity (Wildman–Crippen MR) is 315 cm³/mol. The van der Waals surface area contributed by atoms with Crippen LogP contribution in [0.4, 0.5) is 0 Å². The van der Waals surface area contributed by atoms with E-state index in [2.05, 4.69) is 167 Å². The molecule has 408 valence electrons. The van der Waals surface area contributed by atoms with E-state index in [0.717, 1.165) is 128 Å². The summed E-state index contributed by atoms with van der Waals surface area (Å²) in [5.41, 5.74) is 0. The summed E-state index contributed by atoms with van der Waals surface area (Å²) in [5.74, 6) is -1.12. The third-order valence-electron chi connectivity index (χ3n) is 11.5. The van der Waals surface area contributed by atoms with E-state index < -0.39 is 12.1 Å². The normalized spacial score (nSPS) is 13.3. The summed E-state index contributed by atoms with van der Waals surface area (Å²) < 4.78 is 16.7. The van der Waals surface area contributed by atoms with Crippen molar-refractivity contribution in [3.63, 3.8) is 0 Å². The SMILES string of the molecule is CC/C=C\C/C=C\C/C=C\C/C=C\C/C=C\C/C=C\C/C=C\CCCCCC(=O)OCC(COC(=O)CCCCCCC/C=C\CCCCCCCC)OC(=O)C/C=C\C/C=C\C/C=C\C/C=C\C/C=C\CC. The number of hydrogen-bond acceptors (Lipinski definition) is 6. The molecule has 0 rings (SSSR count). The minimum atomic E-state index is -0.858. The number of carbonyl (C=O) groups is 3. The van der Waals surface area contributed by atoms with Gasteiger partial charge in [-0.25, -0.2) is 0 Å². The third-order valence-corrected chi connectivity index (χ3v) is 11.5. The molecule has 0 fully saturated rings. The molecule has 1 atom stereocenters. The Morgan fingerprint density at radius 2 is 0.575 bits per heavy atom. The lowest BCUT2D eigenvalue weighted by molar-refractivity contribution is -0.166. The fourth-order valence-electron chi connectivity index (χ4n) is 7.26. The van der Waals surface area contributed by atoms with Crippen LogP contribution in [0.15, 0.2) is 158 Å². The Labute approximate surface area is 448 Å². The van der Waals surface area contributed by atoms with Crippen molar-refractivity contribution < 1.29 is 28.6 Å². The molecule has 0 amide bonds. The van der Waals surface area contributed by atoms with E-state index in [4.69, 9.17) is 14.2 Å². The smallest absolute Gasteiger partial charge is 0.310 e. The highest BCUT2D eigenvalue weighted by atomic mass is 16.6. The zero-order valence-corrected chi connectivity index (χ0v) is 46.6. The number of hydrogen-bond donors (Lipinski definition) is 0. The molecule has 1 unspecified atom stereocenters. The topological polar surface area (TPSA) is 78.9 Å². The van der Waals surface area contributed by atoms with Crippen LogP contribution in [0.1, 0.15) is 226 Å². The van der Waals surface area contributed by atoms with Crippen LogP contribution < -0.4 is 0 Å². The van der Waals surface area contributed by atoms with Crippen LogP contribution in [-0.2, 0) is 28.6 Å². The first-order valence-corrected chi connectivity index (χ1v) is 29.0. The standard InChI is InChI=1S/C67H104O6/c1-4-7-10-13-16-19-22-25-28-29-30-31-32-33-34-35-36-37-40-42-45-48-51-54-57-60-66(69)72-63-64(73-67(70)61-58-55-52-49-46-43-39-27-24-21-18-15-12-9-6-3)62-71-65(68)59-56-53-50-47-44-41-38-26-23-20-17-14-11-8-5-2/h7,9-10,12,16,18-19,21,25-28,30-31,33-34,36-39,42,45-46,49,55,58,64H,4-6,8,11,13-15,17,20,22-24,29,32,35,40-41,43-44,47-48,50-54,56-57,59-63H2,1-3H3/b10-7-,12-9-,19-16-,21-18-,28-25-,31-30-,34-33-,37-36-,38-26-,39-27-,45-42-,49-46-,58-55-. The van der Waals surface area contributed by atoms with Crippen LogP contribution in [0, 0.1) is 0 Å². The number of rotatable bonds is 50. The first kappa shape index (κ1) is 68.0. The zero-order chi connectivity index (χ0) is 52.9. The van der Waals surface area contributed by atoms with Crippen LogP contribution in [0.5, 0.6) is 0 Å². The lowest BCUT2D eigenvalue weighted by atomic mass is 10.1. The Hall–Kier alpha value is -4.97. The van der Waals surface area contributed by atoms with E-state index >= 15 is 0 Å². The zero-order valence-electron chi connectivity index (χ0n) is 46.6. The Morgan fingerprint density at radius 3 is 0.932 bits per heavy atom. The maximum absolute atomic E-state index is 12.8. The van der Waals surface area contributed by atoms with E-state index in [1.807, 2.05) is 6.08 Å². The van der Waals surface area contributed by atoms with Gasteiger partial charge in [0.25, 0.3) is 0 Å². The van der Waals surface area contributed by atoms with E-state index in [9.17, 15) is 14.4 Å². The van der Waals surface area contributed by atoms with Crippen molar-refractivity contribution in [3.05, 3.63) is 158 Å². The van der Waals surface area contributed by atoms with E-state index in [1.165, 1.54) is 51.4 Å². The van der Waals surface area contributed by atoms with Crippen LogP contribution in [0.2, 0.25) is 0 Å². The second kappa shape index (κ2) is 59.6. The molecule has 0 aromatic heterocycles. The largest absolute Gasteiger partial charge is 0.462 e. The Kier molecular flexibility index (Phi) is 55.5. The maximum atomic E-state index is 12.8. The highest BCUT2D eigenvalue weighted by molar-refractivity contribution is 5.72. The van der Waals surface area contributed by atoms with Crippen LogP contribution in [0.25, 0.3) is 0 Å². The lowest BCUT2D eigenvalue weighted by Gasteiger charge is -2.18. The molecule has 0 saturated heterocycles. The summed E-state index contributed by atoms with van der Waals surface area (Å²) in [6.07, 6.45) is 86.9. The molecule has 0 aromatic carbocycles. The van der Waals surface area contributed by atoms with Crippen LogP contribution in [-0.4, -0.2) is 37.2 Å². The van der Waals surface area contributed by atoms with Crippen molar-refractivity contribution in [1.82, 2.24) is 0 Å². The maximum Gasteiger partial charge on any atom is 0.310 e. The van der Waals surface area contributed by atoms with Gasteiger partial charge in [-0.3, -0.25) is 14.4 Å². The second-order valence-electron chi connectivity index (χ2n) is 18.4. The minimum Gasteiger partial charge on any atom is -0.462 e. The van der Waals surface area contributed by atoms with Crippen molar-refractivity contribution in [1.29, 1.82) is 0 Å². The molecule has 0 heterocycles. The molecule has 0 bridgehead atoms. The number of allylic oxidation sites excluding steroid dienone is 25. The average molecular weight is 1010 g/mol. The summed E-state index contributed by atoms with van der Waals surface area (Å²) >= 11 is 0. The lowest BCUT2D eigenvalue weighted by Crippen LogP contribution is -2.30. The van der Waals surface area contributed by atoms with Crippen LogP contribution in [0.3, 0.4) is 0 Å². The van der Waals surface area contributed by atoms with Gasteiger partial charge >= 0.3 is 17.9 Å². The summed E-state index contributed by atoms with van der Waals surface area (Å²) in [5, 5.41) is 0. The molecule has 73 heavy (non-hydrogen) atoms. The number of esters is 3. The fraction of sp³-hybridized carbons (Fsp3) is 0.567. The number of carbonyl (C=O) groups excluding carboxylic acids is 3. The highest BCUT2D eigenvalue weighted by Gasteiger charge is 2.19. The van der Waals surface area contributed by atoms with Gasteiger partial charge in [0.05, 0.1) is 6.42 Å². The highest BCUT2D eigenvalue weighted by Crippen LogP contribution is 2.12. The van der Waals surface area contributed by atoms with Crippen molar-refractivity contribution in [3.8, 4) is 0 Å². The quantitative estimate of drug-likeness (QED) is 0.0261. The van der Waals surface area contributed by atoms with Gasteiger partial charge in [0.1, 0.15) is 13.2 Å². The monoisotopic (exact) mass is 1000 g/mol. The Bertz CT molecular complexity index is 1670. The molecule has 0 N–H and O–H groups in total. The van der Waals surface area contributed by atoms with Gasteiger partial charge in [0.2, 0.25) is 0 Å². The van der Waals surface area contributed by atoms with Gasteiger partial charge in [-0.05, 0) is 128 Å². The molecule has 0 aliphatic carbocycles. The first-order chi connectivity index (χ1) is 36.0. The molecule has 0 aliphatic heterocycles. The van der Waals surface area contributed by atoms with E-state index in [1.54, 1.807) is 6.08 Å². The summed E-state index contributed by atoms with van der Waals surface area (Å²) in [6.45, 7) is 6.27. The molecular formula is C67H104O6. The van der Waals surface area contributed by atoms with Gasteiger partial charge in [-0.2, -0.15) is 0 Å². The average Bonchev–Trinajstić information content (AvgIpc) is 3.39. The van der Waals surface area contributed by atoms with Crippen molar-refractivity contribution in [2.75, 3.05) is 13.2 Å².